The molecule has 1 aromatic carbocycles. The van der Waals surface area contributed by atoms with Gasteiger partial charge in [0.15, 0.2) is 0 Å². The summed E-state index contributed by atoms with van der Waals surface area (Å²) in [4.78, 5) is 0. The van der Waals surface area contributed by atoms with E-state index in [1.54, 1.807) is 0 Å². The predicted molar refractivity (Wildman–Crippen MR) is 53.4 cm³/mol. The average Bonchev–Trinajstić information content (AvgIpc) is 1.92. The minimum Gasteiger partial charge on any atom is -0.322 e. The van der Waals surface area contributed by atoms with E-state index >= 15 is 0 Å². The van der Waals surface area contributed by atoms with Crippen molar-refractivity contribution in [1.29, 1.82) is 0 Å². The smallest absolute Gasteiger partial charge is 0.0485 e. The van der Waals surface area contributed by atoms with Crippen LogP contribution in [0.1, 0.15) is 25.0 Å². The topological polar surface area (TPSA) is 26.0 Å². The molecule has 2 heteroatoms. The molecule has 0 aliphatic carbocycles. The molecule has 0 unspecified atom stereocenters. The quantitative estimate of drug-likeness (QED) is 0.712. The van der Waals surface area contributed by atoms with Crippen LogP contribution in [0.2, 0.25) is 5.02 Å². The standard InChI is InChI=1S/C10H14ClN/c1-7-5-4-6-8(9(7)11)10(2,3)12/h4-6H,12H2,1-3H3. The molecule has 0 bridgehead atoms. The van der Waals surface area contributed by atoms with Gasteiger partial charge in [-0.1, -0.05) is 29.8 Å². The minimum absolute atomic E-state index is 0.358. The molecule has 1 rings (SSSR count). The second-order valence-corrected chi connectivity index (χ2v) is 4.04. The van der Waals surface area contributed by atoms with E-state index < -0.39 is 0 Å². The maximum absolute atomic E-state index is 6.10. The molecule has 0 atom stereocenters. The molecular weight excluding hydrogens is 170 g/mol. The zero-order valence-corrected chi connectivity index (χ0v) is 8.44. The summed E-state index contributed by atoms with van der Waals surface area (Å²) in [6.07, 6.45) is 0. The fraction of sp³-hybridized carbons (Fsp3) is 0.400. The number of aryl methyl sites for hydroxylation is 1. The summed E-state index contributed by atoms with van der Waals surface area (Å²) in [6.45, 7) is 5.89. The van der Waals surface area contributed by atoms with Gasteiger partial charge in [-0.15, -0.1) is 0 Å². The number of halogens is 1. The highest BCUT2D eigenvalue weighted by atomic mass is 35.5. The van der Waals surface area contributed by atoms with Gasteiger partial charge in [-0.25, -0.2) is 0 Å². The van der Waals surface area contributed by atoms with Crippen molar-refractivity contribution in [2.75, 3.05) is 0 Å². The lowest BCUT2D eigenvalue weighted by Gasteiger charge is -2.21. The maximum atomic E-state index is 6.10. The Morgan fingerprint density at radius 3 is 2.33 bits per heavy atom. The summed E-state index contributed by atoms with van der Waals surface area (Å²) >= 11 is 6.10. The van der Waals surface area contributed by atoms with E-state index in [0.29, 0.717) is 0 Å². The molecule has 1 nitrogen and oxygen atoms in total. The number of benzene rings is 1. The highest BCUT2D eigenvalue weighted by molar-refractivity contribution is 6.32. The van der Waals surface area contributed by atoms with Gasteiger partial charge in [-0.2, -0.15) is 0 Å². The molecule has 0 saturated heterocycles. The van der Waals surface area contributed by atoms with E-state index in [4.69, 9.17) is 17.3 Å². The molecule has 0 aliphatic rings. The molecule has 0 spiro atoms. The highest BCUT2D eigenvalue weighted by Gasteiger charge is 2.17. The molecule has 0 amide bonds. The molecule has 12 heavy (non-hydrogen) atoms. The van der Waals surface area contributed by atoms with Crippen LogP contribution in [0.3, 0.4) is 0 Å². The highest BCUT2D eigenvalue weighted by Crippen LogP contribution is 2.27. The second kappa shape index (κ2) is 3.08. The van der Waals surface area contributed by atoms with Crippen molar-refractivity contribution < 1.29 is 0 Å². The van der Waals surface area contributed by atoms with Crippen molar-refractivity contribution in [3.05, 3.63) is 34.3 Å². The molecule has 0 aliphatic heterocycles. The van der Waals surface area contributed by atoms with Gasteiger partial charge in [0.05, 0.1) is 0 Å². The molecule has 0 fully saturated rings. The third-order valence-electron chi connectivity index (χ3n) is 1.89. The van der Waals surface area contributed by atoms with Crippen LogP contribution in [0.15, 0.2) is 18.2 Å². The molecule has 2 N–H and O–H groups in total. The van der Waals surface area contributed by atoms with Gasteiger partial charge >= 0.3 is 0 Å². The molecule has 0 saturated carbocycles. The Morgan fingerprint density at radius 2 is 1.92 bits per heavy atom. The first-order chi connectivity index (χ1) is 5.43. The summed E-state index contributed by atoms with van der Waals surface area (Å²) in [5.74, 6) is 0. The van der Waals surface area contributed by atoms with E-state index in [1.165, 1.54) is 0 Å². The molecular formula is C10H14ClN. The normalized spacial score (nSPS) is 11.8. The van der Waals surface area contributed by atoms with Crippen LogP contribution in [0.5, 0.6) is 0 Å². The summed E-state index contributed by atoms with van der Waals surface area (Å²) in [5.41, 5.74) is 7.66. The number of hydrogen-bond acceptors (Lipinski definition) is 1. The first-order valence-corrected chi connectivity index (χ1v) is 4.35. The number of rotatable bonds is 1. The van der Waals surface area contributed by atoms with Crippen LogP contribution in [-0.2, 0) is 5.54 Å². The van der Waals surface area contributed by atoms with E-state index in [1.807, 2.05) is 39.0 Å². The number of hydrogen-bond donors (Lipinski definition) is 1. The Morgan fingerprint density at radius 1 is 1.33 bits per heavy atom. The third-order valence-corrected chi connectivity index (χ3v) is 2.39. The lowest BCUT2D eigenvalue weighted by atomic mass is 9.94. The largest absolute Gasteiger partial charge is 0.322 e. The van der Waals surface area contributed by atoms with E-state index in [0.717, 1.165) is 16.1 Å². The predicted octanol–water partition coefficient (Wildman–Crippen LogP) is 2.84. The Kier molecular flexibility index (Phi) is 2.45. The van der Waals surface area contributed by atoms with Crippen molar-refractivity contribution in [2.24, 2.45) is 5.73 Å². The fourth-order valence-corrected chi connectivity index (χ4v) is 1.51. The SMILES string of the molecule is Cc1cccc(C(C)(C)N)c1Cl. The van der Waals surface area contributed by atoms with Crippen molar-refractivity contribution in [3.63, 3.8) is 0 Å². The van der Waals surface area contributed by atoms with Crippen LogP contribution < -0.4 is 5.73 Å². The van der Waals surface area contributed by atoms with Crippen molar-refractivity contribution in [2.45, 2.75) is 26.3 Å². The van der Waals surface area contributed by atoms with Gasteiger partial charge in [0.2, 0.25) is 0 Å². The van der Waals surface area contributed by atoms with E-state index in [9.17, 15) is 0 Å². The van der Waals surface area contributed by atoms with Crippen LogP contribution in [0.4, 0.5) is 0 Å². The molecule has 0 aromatic heterocycles. The summed E-state index contributed by atoms with van der Waals surface area (Å²) in [5, 5.41) is 0.782. The van der Waals surface area contributed by atoms with Crippen molar-refractivity contribution >= 4 is 11.6 Å². The molecule has 0 heterocycles. The summed E-state index contributed by atoms with van der Waals surface area (Å²) < 4.78 is 0. The van der Waals surface area contributed by atoms with Gasteiger partial charge in [-0.05, 0) is 31.9 Å². The fourth-order valence-electron chi connectivity index (χ4n) is 1.15. The average molecular weight is 184 g/mol. The van der Waals surface area contributed by atoms with Gasteiger partial charge in [0.25, 0.3) is 0 Å². The summed E-state index contributed by atoms with van der Waals surface area (Å²) in [7, 11) is 0. The van der Waals surface area contributed by atoms with Crippen molar-refractivity contribution in [3.8, 4) is 0 Å². The van der Waals surface area contributed by atoms with Gasteiger partial charge in [0.1, 0.15) is 0 Å². The lowest BCUT2D eigenvalue weighted by molar-refractivity contribution is 0.554. The van der Waals surface area contributed by atoms with Gasteiger partial charge < -0.3 is 5.73 Å². The van der Waals surface area contributed by atoms with Crippen LogP contribution in [0.25, 0.3) is 0 Å². The number of nitrogens with two attached hydrogens (primary N) is 1. The Hall–Kier alpha value is -0.530. The second-order valence-electron chi connectivity index (χ2n) is 3.66. The van der Waals surface area contributed by atoms with E-state index in [2.05, 4.69) is 0 Å². The first kappa shape index (κ1) is 9.56. The third kappa shape index (κ3) is 1.79. The molecule has 66 valence electrons. The first-order valence-electron chi connectivity index (χ1n) is 3.97. The monoisotopic (exact) mass is 183 g/mol. The lowest BCUT2D eigenvalue weighted by Crippen LogP contribution is -2.29. The molecule has 0 radical (unpaired) electrons. The van der Waals surface area contributed by atoms with Gasteiger partial charge in [0, 0.05) is 10.6 Å². The maximum Gasteiger partial charge on any atom is 0.0485 e. The van der Waals surface area contributed by atoms with Gasteiger partial charge in [-0.3, -0.25) is 0 Å². The minimum atomic E-state index is -0.358. The van der Waals surface area contributed by atoms with Crippen LogP contribution >= 0.6 is 11.6 Å². The van der Waals surface area contributed by atoms with Crippen LogP contribution in [0, 0.1) is 6.92 Å². The van der Waals surface area contributed by atoms with E-state index in [-0.39, 0.29) is 5.54 Å². The zero-order chi connectivity index (χ0) is 9.35. The van der Waals surface area contributed by atoms with Crippen LogP contribution in [-0.4, -0.2) is 0 Å². The summed E-state index contributed by atoms with van der Waals surface area (Å²) in [6, 6.07) is 5.93. The Labute approximate surface area is 78.5 Å². The Balaban J connectivity index is 3.26. The molecule has 1 aromatic rings. The zero-order valence-electron chi connectivity index (χ0n) is 7.69. The van der Waals surface area contributed by atoms with Crippen molar-refractivity contribution in [1.82, 2.24) is 0 Å². The Bertz CT molecular complexity index is 286.